The highest BCUT2D eigenvalue weighted by Gasteiger charge is 2.28. The molecule has 3 N–H and O–H groups in total. The van der Waals surface area contributed by atoms with Gasteiger partial charge in [0.2, 0.25) is 15.9 Å². The van der Waals surface area contributed by atoms with Crippen molar-refractivity contribution in [1.29, 1.82) is 0 Å². The molecule has 1 fully saturated rings. The molecule has 1 aliphatic heterocycles. The number of benzene rings is 1. The average molecular weight is 339 g/mol. The van der Waals surface area contributed by atoms with E-state index in [4.69, 9.17) is 5.14 Å². The Morgan fingerprint density at radius 1 is 1.30 bits per heavy atom. The molecule has 2 rings (SSSR count). The van der Waals surface area contributed by atoms with Gasteiger partial charge in [-0.1, -0.05) is 19.9 Å². The number of hydrogen-bond donors (Lipinski definition) is 2. The molecule has 1 amide bonds. The number of sulfonamides is 1. The lowest BCUT2D eigenvalue weighted by Gasteiger charge is -2.38. The number of primary sulfonamides is 1. The number of amides is 1. The molecule has 1 heterocycles. The molecule has 1 saturated heterocycles. The number of carbonyl (C=O) groups excluding carboxylic acids is 1. The van der Waals surface area contributed by atoms with Crippen molar-refractivity contribution >= 4 is 21.6 Å². The normalized spacial score (nSPS) is 24.2. The fourth-order valence-corrected chi connectivity index (χ4v) is 3.75. The van der Waals surface area contributed by atoms with E-state index in [0.29, 0.717) is 17.5 Å². The highest BCUT2D eigenvalue weighted by Crippen LogP contribution is 2.23. The Morgan fingerprint density at radius 2 is 1.91 bits per heavy atom. The summed E-state index contributed by atoms with van der Waals surface area (Å²) < 4.78 is 22.8. The van der Waals surface area contributed by atoms with E-state index in [0.717, 1.165) is 13.1 Å². The number of piperidine rings is 1. The first-order valence-electron chi connectivity index (χ1n) is 7.84. The van der Waals surface area contributed by atoms with Crippen LogP contribution in [0.15, 0.2) is 29.2 Å². The standard InChI is InChI=1S/C16H25N3O3S/c1-11-7-12(2)10-19(9-11)13(3)16(20)18-14-5-4-6-15(8-14)23(17,21)22/h4-6,8,11-13H,7,9-10H2,1-3H3,(H,18,20)(H2,17,21,22)/t11-,12+,13-/m0/s1. The molecular formula is C16H25N3O3S. The number of rotatable bonds is 4. The van der Waals surface area contributed by atoms with Crippen LogP contribution in [0.1, 0.15) is 27.2 Å². The second-order valence-corrected chi connectivity index (χ2v) is 8.20. The predicted octanol–water partition coefficient (Wildman–Crippen LogP) is 1.64. The Morgan fingerprint density at radius 3 is 2.48 bits per heavy atom. The fraction of sp³-hybridized carbons (Fsp3) is 0.562. The molecule has 128 valence electrons. The smallest absolute Gasteiger partial charge is 0.241 e. The van der Waals surface area contributed by atoms with E-state index in [2.05, 4.69) is 24.1 Å². The summed E-state index contributed by atoms with van der Waals surface area (Å²) in [6, 6.07) is 5.73. The van der Waals surface area contributed by atoms with Gasteiger partial charge in [0.1, 0.15) is 0 Å². The van der Waals surface area contributed by atoms with Gasteiger partial charge in [0.05, 0.1) is 10.9 Å². The van der Waals surface area contributed by atoms with Gasteiger partial charge < -0.3 is 5.32 Å². The van der Waals surface area contributed by atoms with Crippen LogP contribution in [0.25, 0.3) is 0 Å². The van der Waals surface area contributed by atoms with Crippen molar-refractivity contribution in [3.63, 3.8) is 0 Å². The average Bonchev–Trinajstić information content (AvgIpc) is 2.44. The number of anilines is 1. The third-order valence-electron chi connectivity index (χ3n) is 4.25. The summed E-state index contributed by atoms with van der Waals surface area (Å²) in [6.07, 6.45) is 1.18. The number of carbonyl (C=O) groups is 1. The van der Waals surface area contributed by atoms with Gasteiger partial charge in [0, 0.05) is 18.8 Å². The SMILES string of the molecule is C[C@@H]1C[C@H](C)CN([C@@H](C)C(=O)Nc2cccc(S(N)(=O)=O)c2)C1. The van der Waals surface area contributed by atoms with E-state index in [1.807, 2.05) is 6.92 Å². The first-order valence-corrected chi connectivity index (χ1v) is 9.39. The summed E-state index contributed by atoms with van der Waals surface area (Å²) in [6.45, 7) is 8.07. The molecule has 1 aromatic rings. The molecule has 0 bridgehead atoms. The summed E-state index contributed by atoms with van der Waals surface area (Å²) in [7, 11) is -3.78. The monoisotopic (exact) mass is 339 g/mol. The molecule has 0 spiro atoms. The first kappa shape index (κ1) is 17.9. The minimum Gasteiger partial charge on any atom is -0.325 e. The van der Waals surface area contributed by atoms with Crippen molar-refractivity contribution in [3.05, 3.63) is 24.3 Å². The minimum atomic E-state index is -3.78. The van der Waals surface area contributed by atoms with E-state index in [1.54, 1.807) is 12.1 Å². The minimum absolute atomic E-state index is 0.0110. The summed E-state index contributed by atoms with van der Waals surface area (Å²) in [5.41, 5.74) is 0.437. The van der Waals surface area contributed by atoms with Gasteiger partial charge in [-0.2, -0.15) is 0 Å². The fourth-order valence-electron chi connectivity index (χ4n) is 3.19. The van der Waals surface area contributed by atoms with Gasteiger partial charge in [0.25, 0.3) is 0 Å². The van der Waals surface area contributed by atoms with Crippen molar-refractivity contribution in [2.45, 2.75) is 38.1 Å². The van der Waals surface area contributed by atoms with Crippen LogP contribution in [-0.2, 0) is 14.8 Å². The van der Waals surface area contributed by atoms with E-state index < -0.39 is 10.0 Å². The van der Waals surface area contributed by atoms with Crippen LogP contribution in [0.4, 0.5) is 5.69 Å². The van der Waals surface area contributed by atoms with Crippen LogP contribution in [0.5, 0.6) is 0 Å². The number of nitrogens with one attached hydrogen (secondary N) is 1. The molecule has 0 saturated carbocycles. The van der Waals surface area contributed by atoms with Crippen LogP contribution in [-0.4, -0.2) is 38.4 Å². The van der Waals surface area contributed by atoms with Crippen molar-refractivity contribution in [2.24, 2.45) is 17.0 Å². The highest BCUT2D eigenvalue weighted by molar-refractivity contribution is 7.89. The van der Waals surface area contributed by atoms with Crippen LogP contribution in [0, 0.1) is 11.8 Å². The second-order valence-electron chi connectivity index (χ2n) is 6.64. The van der Waals surface area contributed by atoms with Gasteiger partial charge >= 0.3 is 0 Å². The molecule has 1 aliphatic rings. The maximum absolute atomic E-state index is 12.5. The molecule has 0 radical (unpaired) electrons. The quantitative estimate of drug-likeness (QED) is 0.872. The third-order valence-corrected chi connectivity index (χ3v) is 5.17. The Bertz CT molecular complexity index is 665. The summed E-state index contributed by atoms with van der Waals surface area (Å²) >= 11 is 0. The van der Waals surface area contributed by atoms with E-state index in [-0.39, 0.29) is 16.8 Å². The Hall–Kier alpha value is -1.44. The summed E-state index contributed by atoms with van der Waals surface area (Å²) in [5, 5.41) is 7.90. The van der Waals surface area contributed by atoms with E-state index in [1.165, 1.54) is 18.6 Å². The van der Waals surface area contributed by atoms with Gasteiger partial charge in [0.15, 0.2) is 0 Å². The van der Waals surface area contributed by atoms with E-state index in [9.17, 15) is 13.2 Å². The van der Waals surface area contributed by atoms with Gasteiger partial charge in [-0.15, -0.1) is 0 Å². The lowest BCUT2D eigenvalue weighted by atomic mass is 9.91. The van der Waals surface area contributed by atoms with Gasteiger partial charge in [-0.25, -0.2) is 13.6 Å². The highest BCUT2D eigenvalue weighted by atomic mass is 32.2. The van der Waals surface area contributed by atoms with Crippen LogP contribution >= 0.6 is 0 Å². The maximum Gasteiger partial charge on any atom is 0.241 e. The molecule has 6 nitrogen and oxygen atoms in total. The number of hydrogen-bond acceptors (Lipinski definition) is 4. The molecule has 0 unspecified atom stereocenters. The van der Waals surface area contributed by atoms with Crippen LogP contribution < -0.4 is 10.5 Å². The molecule has 23 heavy (non-hydrogen) atoms. The number of nitrogens with zero attached hydrogens (tertiary/aromatic N) is 1. The topological polar surface area (TPSA) is 92.5 Å². The maximum atomic E-state index is 12.5. The van der Waals surface area contributed by atoms with Crippen molar-refractivity contribution < 1.29 is 13.2 Å². The third kappa shape index (κ3) is 4.76. The lowest BCUT2D eigenvalue weighted by Crippen LogP contribution is -2.48. The van der Waals surface area contributed by atoms with Crippen molar-refractivity contribution in [1.82, 2.24) is 4.90 Å². The Labute approximate surface area is 138 Å². The number of likely N-dealkylation sites (tertiary alicyclic amines) is 1. The molecule has 0 aliphatic carbocycles. The lowest BCUT2D eigenvalue weighted by molar-refractivity contribution is -0.121. The van der Waals surface area contributed by atoms with Crippen molar-refractivity contribution in [3.8, 4) is 0 Å². The molecule has 1 aromatic carbocycles. The number of nitrogens with two attached hydrogens (primary N) is 1. The second kappa shape index (κ2) is 6.98. The summed E-state index contributed by atoms with van der Waals surface area (Å²) in [5.74, 6) is 0.997. The Balaban J connectivity index is 2.07. The van der Waals surface area contributed by atoms with Crippen molar-refractivity contribution in [2.75, 3.05) is 18.4 Å². The Kier molecular flexibility index (Phi) is 5.44. The zero-order valence-electron chi connectivity index (χ0n) is 13.8. The molecule has 7 heteroatoms. The summed E-state index contributed by atoms with van der Waals surface area (Å²) in [4.78, 5) is 14.6. The predicted molar refractivity (Wildman–Crippen MR) is 90.4 cm³/mol. The van der Waals surface area contributed by atoms with Gasteiger partial charge in [-0.3, -0.25) is 9.69 Å². The van der Waals surface area contributed by atoms with Crippen LogP contribution in [0.2, 0.25) is 0 Å². The molecule has 0 aromatic heterocycles. The van der Waals surface area contributed by atoms with E-state index >= 15 is 0 Å². The molecule has 3 atom stereocenters. The van der Waals surface area contributed by atoms with Crippen LogP contribution in [0.3, 0.4) is 0 Å². The molecular weight excluding hydrogens is 314 g/mol. The zero-order valence-corrected chi connectivity index (χ0v) is 14.6. The zero-order chi connectivity index (χ0) is 17.2. The van der Waals surface area contributed by atoms with Gasteiger partial charge in [-0.05, 0) is 43.4 Å². The largest absolute Gasteiger partial charge is 0.325 e. The first-order chi connectivity index (χ1) is 10.7.